The minimum Gasteiger partial charge on any atom is -0.0880 e. The Morgan fingerprint density at radius 3 is 1.11 bits per heavy atom. The predicted molar refractivity (Wildman–Crippen MR) is 160 cm³/mol. The van der Waals surface area contributed by atoms with Gasteiger partial charge in [0.2, 0.25) is 0 Å². The van der Waals surface area contributed by atoms with E-state index in [0.29, 0.717) is 0 Å². The first-order valence-electron chi connectivity index (χ1n) is 12.4. The molecule has 4 rings (SSSR count). The Morgan fingerprint density at radius 1 is 0.514 bits per heavy atom. The Bertz CT molecular complexity index is 1170. The quantitative estimate of drug-likeness (QED) is 0.169. The highest BCUT2D eigenvalue weighted by molar-refractivity contribution is 7.87. The molecule has 0 unspecified atom stereocenters. The van der Waals surface area contributed by atoms with Gasteiger partial charge >= 0.3 is 0 Å². The smallest absolute Gasteiger partial charge is 0.0880 e. The third-order valence-electron chi connectivity index (χ3n) is 6.89. The number of rotatable bonds is 5. The van der Waals surface area contributed by atoms with Gasteiger partial charge in [-0.2, -0.15) is 0 Å². The van der Waals surface area contributed by atoms with Crippen molar-refractivity contribution in [3.05, 3.63) is 126 Å². The van der Waals surface area contributed by atoms with Gasteiger partial charge in [0.1, 0.15) is 0 Å². The predicted octanol–water partition coefficient (Wildman–Crippen LogP) is 6.71. The Balaban J connectivity index is 2.10. The van der Waals surface area contributed by atoms with E-state index >= 15 is 0 Å². The molecule has 35 heavy (non-hydrogen) atoms. The van der Waals surface area contributed by atoms with Crippen molar-refractivity contribution >= 4 is 40.3 Å². The fourth-order valence-corrected chi connectivity index (χ4v) is 10.4. The zero-order valence-corrected chi connectivity index (χ0v) is 23.6. The third kappa shape index (κ3) is 4.96. The number of thiocarbonyl (C=S) groups is 1. The van der Waals surface area contributed by atoms with Crippen molar-refractivity contribution in [2.45, 2.75) is 52.4 Å². The van der Waals surface area contributed by atoms with Gasteiger partial charge in [0.05, 0.1) is 0 Å². The zero-order valence-electron chi connectivity index (χ0n) is 21.8. The SMILES string of the molecule is CC(C)(C)c1cc(C(=S)[Si](c2ccccc2)(c2ccccc2)c2ccccc2)cc(C(C)(C)C)c1. The van der Waals surface area contributed by atoms with Crippen LogP contribution < -0.4 is 15.6 Å². The Kier molecular flexibility index (Phi) is 6.99. The first kappa shape index (κ1) is 25.3. The van der Waals surface area contributed by atoms with Crippen molar-refractivity contribution < 1.29 is 0 Å². The zero-order chi connectivity index (χ0) is 25.3. The molecule has 0 aliphatic carbocycles. The van der Waals surface area contributed by atoms with E-state index in [9.17, 15) is 0 Å². The van der Waals surface area contributed by atoms with Crippen molar-refractivity contribution in [1.29, 1.82) is 0 Å². The molecule has 0 saturated carbocycles. The lowest BCUT2D eigenvalue weighted by atomic mass is 9.80. The van der Waals surface area contributed by atoms with Crippen molar-refractivity contribution in [3.8, 4) is 0 Å². The summed E-state index contributed by atoms with van der Waals surface area (Å²) < 4.78 is 1.07. The van der Waals surface area contributed by atoms with Crippen LogP contribution in [0.25, 0.3) is 0 Å². The highest BCUT2D eigenvalue weighted by atomic mass is 32.1. The van der Waals surface area contributed by atoms with E-state index in [1.807, 2.05) is 0 Å². The summed E-state index contributed by atoms with van der Waals surface area (Å²) in [5.74, 6) is 0. The van der Waals surface area contributed by atoms with Crippen LogP contribution in [0.15, 0.2) is 109 Å². The van der Waals surface area contributed by atoms with Gasteiger partial charge in [-0.1, -0.05) is 163 Å². The fourth-order valence-electron chi connectivity index (χ4n) is 4.80. The van der Waals surface area contributed by atoms with E-state index in [-0.39, 0.29) is 10.8 Å². The Hall–Kier alpha value is -2.81. The van der Waals surface area contributed by atoms with E-state index in [0.717, 1.165) is 4.49 Å². The summed E-state index contributed by atoms with van der Waals surface area (Å²) in [6.45, 7) is 13.7. The molecule has 4 aromatic carbocycles. The van der Waals surface area contributed by atoms with Gasteiger partial charge in [-0.15, -0.1) is 0 Å². The van der Waals surface area contributed by atoms with E-state index in [1.54, 1.807) is 0 Å². The number of hydrogen-bond donors (Lipinski definition) is 0. The largest absolute Gasteiger partial charge is 0.192 e. The van der Waals surface area contributed by atoms with Crippen LogP contribution in [0.2, 0.25) is 0 Å². The van der Waals surface area contributed by atoms with Crippen molar-refractivity contribution in [2.24, 2.45) is 0 Å². The molecule has 0 nitrogen and oxygen atoms in total. The summed E-state index contributed by atoms with van der Waals surface area (Å²) >= 11 is 6.63. The molecule has 0 saturated heterocycles. The van der Waals surface area contributed by atoms with Crippen LogP contribution in [-0.2, 0) is 10.8 Å². The lowest BCUT2D eigenvalue weighted by molar-refractivity contribution is 0.568. The molecule has 0 spiro atoms. The van der Waals surface area contributed by atoms with Crippen LogP contribution in [0.4, 0.5) is 0 Å². The molecule has 0 aromatic heterocycles. The minimum atomic E-state index is -2.70. The molecule has 0 heterocycles. The summed E-state index contributed by atoms with van der Waals surface area (Å²) in [4.78, 5) is 0. The van der Waals surface area contributed by atoms with Crippen molar-refractivity contribution in [1.82, 2.24) is 0 Å². The van der Waals surface area contributed by atoms with E-state index < -0.39 is 8.07 Å². The molecule has 4 aromatic rings. The molecular weight excluding hydrogens is 457 g/mol. The molecule has 178 valence electrons. The fraction of sp³-hybridized carbons (Fsp3) is 0.242. The Labute approximate surface area is 218 Å². The molecule has 0 radical (unpaired) electrons. The highest BCUT2D eigenvalue weighted by Gasteiger charge is 2.44. The topological polar surface area (TPSA) is 0 Å². The van der Waals surface area contributed by atoms with Gasteiger partial charge in [-0.3, -0.25) is 0 Å². The van der Waals surface area contributed by atoms with E-state index in [1.165, 1.54) is 32.3 Å². The standard InChI is InChI=1S/C33H36SSi/c1-32(2,3)26-22-25(23-27(24-26)33(4,5)6)31(34)35(28-16-10-7-11-17-28,29-18-12-8-13-19-29)30-20-14-9-15-21-30/h7-24H,1-6H3. The second-order valence-electron chi connectivity index (χ2n) is 11.5. The summed E-state index contributed by atoms with van der Waals surface area (Å²) in [7, 11) is -2.70. The molecule has 0 aliphatic heterocycles. The summed E-state index contributed by atoms with van der Waals surface area (Å²) in [5.41, 5.74) is 3.91. The molecule has 0 fully saturated rings. The average Bonchev–Trinajstić information content (AvgIpc) is 2.85. The summed E-state index contributed by atoms with van der Waals surface area (Å²) in [6.07, 6.45) is 0. The van der Waals surface area contributed by atoms with Crippen LogP contribution in [-0.4, -0.2) is 12.6 Å². The third-order valence-corrected chi connectivity index (χ3v) is 12.6. The second-order valence-corrected chi connectivity index (χ2v) is 16.0. The van der Waals surface area contributed by atoms with E-state index in [4.69, 9.17) is 12.2 Å². The molecular formula is C33H36SSi. The lowest BCUT2D eigenvalue weighted by Crippen LogP contribution is -2.72. The Morgan fingerprint density at radius 2 is 0.829 bits per heavy atom. The van der Waals surface area contributed by atoms with Crippen LogP contribution in [0, 0.1) is 0 Å². The normalized spacial score (nSPS) is 12.4. The van der Waals surface area contributed by atoms with Crippen LogP contribution in [0.5, 0.6) is 0 Å². The summed E-state index contributed by atoms with van der Waals surface area (Å²) in [5, 5.41) is 3.96. The molecule has 0 aliphatic rings. The molecule has 0 atom stereocenters. The van der Waals surface area contributed by atoms with Gasteiger partial charge < -0.3 is 0 Å². The first-order chi connectivity index (χ1) is 16.5. The molecule has 0 amide bonds. The van der Waals surface area contributed by atoms with Gasteiger partial charge in [-0.25, -0.2) is 0 Å². The summed E-state index contributed by atoms with van der Waals surface area (Å²) in [6, 6.07) is 39.9. The molecule has 0 bridgehead atoms. The number of benzene rings is 4. The highest BCUT2D eigenvalue weighted by Crippen LogP contribution is 2.31. The van der Waals surface area contributed by atoms with Crippen molar-refractivity contribution in [2.75, 3.05) is 0 Å². The van der Waals surface area contributed by atoms with Gasteiger partial charge in [-0.05, 0) is 43.1 Å². The van der Waals surface area contributed by atoms with E-state index in [2.05, 4.69) is 151 Å². The van der Waals surface area contributed by atoms with Crippen LogP contribution in [0.1, 0.15) is 58.2 Å². The first-order valence-corrected chi connectivity index (χ1v) is 14.8. The van der Waals surface area contributed by atoms with Crippen LogP contribution in [0.3, 0.4) is 0 Å². The maximum atomic E-state index is 6.63. The maximum Gasteiger partial charge on any atom is 0.192 e. The average molecular weight is 493 g/mol. The molecule has 0 N–H and O–H groups in total. The lowest BCUT2D eigenvalue weighted by Gasteiger charge is -2.35. The second kappa shape index (κ2) is 9.68. The number of hydrogen-bond acceptors (Lipinski definition) is 1. The van der Waals surface area contributed by atoms with Gasteiger partial charge in [0, 0.05) is 4.49 Å². The van der Waals surface area contributed by atoms with Gasteiger partial charge in [0.25, 0.3) is 0 Å². The molecule has 2 heteroatoms. The van der Waals surface area contributed by atoms with Gasteiger partial charge in [0.15, 0.2) is 8.07 Å². The maximum absolute atomic E-state index is 6.63. The minimum absolute atomic E-state index is 0.0298. The van der Waals surface area contributed by atoms with Crippen LogP contribution >= 0.6 is 12.2 Å². The monoisotopic (exact) mass is 492 g/mol. The van der Waals surface area contributed by atoms with Crippen molar-refractivity contribution in [3.63, 3.8) is 0 Å².